The number of carbonyl (C=O) groups excluding carboxylic acids is 1. The fourth-order valence-electron chi connectivity index (χ4n) is 2.53. The average Bonchev–Trinajstić information content (AvgIpc) is 2.99. The maximum atomic E-state index is 12.9. The highest BCUT2D eigenvalue weighted by Crippen LogP contribution is 2.19. The molecule has 5 heteroatoms. The van der Waals surface area contributed by atoms with Crippen LogP contribution in [0, 0.1) is 6.92 Å². The molecule has 0 bridgehead atoms. The molecule has 1 aromatic carbocycles. The van der Waals surface area contributed by atoms with Crippen molar-refractivity contribution in [3.8, 4) is 5.82 Å². The molecule has 5 nitrogen and oxygen atoms in total. The Labute approximate surface area is 135 Å². The van der Waals surface area contributed by atoms with Gasteiger partial charge in [-0.1, -0.05) is 24.3 Å². The SMILES string of the molecule is CCN(C(=O)c1cnn(-c2ccccn2)c1C)c1ccccc1. The van der Waals surface area contributed by atoms with Gasteiger partial charge in [-0.3, -0.25) is 4.79 Å². The number of rotatable bonds is 4. The molecule has 0 saturated carbocycles. The van der Waals surface area contributed by atoms with Crippen LogP contribution in [0.25, 0.3) is 5.82 Å². The van der Waals surface area contributed by atoms with E-state index in [1.165, 1.54) is 0 Å². The van der Waals surface area contributed by atoms with E-state index in [1.54, 1.807) is 22.0 Å². The van der Waals surface area contributed by atoms with Gasteiger partial charge >= 0.3 is 0 Å². The second-order valence-electron chi connectivity index (χ2n) is 5.13. The Balaban J connectivity index is 1.96. The molecule has 116 valence electrons. The second kappa shape index (κ2) is 6.44. The van der Waals surface area contributed by atoms with Crippen molar-refractivity contribution >= 4 is 11.6 Å². The van der Waals surface area contributed by atoms with Crippen molar-refractivity contribution in [3.63, 3.8) is 0 Å². The van der Waals surface area contributed by atoms with Crippen molar-refractivity contribution in [2.24, 2.45) is 0 Å². The number of hydrogen-bond donors (Lipinski definition) is 0. The summed E-state index contributed by atoms with van der Waals surface area (Å²) in [5, 5.41) is 4.32. The number of carbonyl (C=O) groups is 1. The maximum absolute atomic E-state index is 12.9. The molecule has 2 aromatic heterocycles. The smallest absolute Gasteiger partial charge is 0.261 e. The van der Waals surface area contributed by atoms with Crippen molar-refractivity contribution in [1.82, 2.24) is 14.8 Å². The Morgan fingerprint density at radius 3 is 2.52 bits per heavy atom. The highest BCUT2D eigenvalue weighted by molar-refractivity contribution is 6.06. The molecule has 3 rings (SSSR count). The van der Waals surface area contributed by atoms with Gasteiger partial charge in [0.15, 0.2) is 5.82 Å². The van der Waals surface area contributed by atoms with Crippen LogP contribution >= 0.6 is 0 Å². The predicted octanol–water partition coefficient (Wildman–Crippen LogP) is 3.24. The largest absolute Gasteiger partial charge is 0.309 e. The van der Waals surface area contributed by atoms with Crippen molar-refractivity contribution in [3.05, 3.63) is 72.2 Å². The molecular formula is C18H18N4O. The van der Waals surface area contributed by atoms with E-state index in [2.05, 4.69) is 10.1 Å². The molecule has 0 aliphatic heterocycles. The van der Waals surface area contributed by atoms with E-state index in [-0.39, 0.29) is 5.91 Å². The summed E-state index contributed by atoms with van der Waals surface area (Å²) in [5.41, 5.74) is 2.24. The molecule has 0 saturated heterocycles. The average molecular weight is 306 g/mol. The number of aromatic nitrogens is 3. The summed E-state index contributed by atoms with van der Waals surface area (Å²) in [6, 6.07) is 15.3. The fourth-order valence-corrected chi connectivity index (χ4v) is 2.53. The molecule has 23 heavy (non-hydrogen) atoms. The standard InChI is InChI=1S/C18H18N4O/c1-3-21(15-9-5-4-6-10-15)18(23)16-13-20-22(14(16)2)17-11-7-8-12-19-17/h4-13H,3H2,1-2H3. The molecule has 0 aliphatic carbocycles. The van der Waals surface area contributed by atoms with Gasteiger partial charge < -0.3 is 4.90 Å². The predicted molar refractivity (Wildman–Crippen MR) is 89.9 cm³/mol. The number of pyridine rings is 1. The van der Waals surface area contributed by atoms with Gasteiger partial charge in [0, 0.05) is 18.4 Å². The lowest BCUT2D eigenvalue weighted by atomic mass is 10.2. The molecule has 0 aliphatic rings. The van der Waals surface area contributed by atoms with Crippen LogP contribution in [0.1, 0.15) is 23.0 Å². The second-order valence-corrected chi connectivity index (χ2v) is 5.13. The summed E-state index contributed by atoms with van der Waals surface area (Å²) >= 11 is 0. The van der Waals surface area contributed by atoms with Gasteiger partial charge in [-0.05, 0) is 38.1 Å². The fraction of sp³-hybridized carbons (Fsp3) is 0.167. The van der Waals surface area contributed by atoms with E-state index >= 15 is 0 Å². The number of hydrogen-bond acceptors (Lipinski definition) is 3. The van der Waals surface area contributed by atoms with Gasteiger partial charge in [-0.25, -0.2) is 9.67 Å². The summed E-state index contributed by atoms with van der Waals surface area (Å²) in [6.45, 7) is 4.44. The number of anilines is 1. The summed E-state index contributed by atoms with van der Waals surface area (Å²) < 4.78 is 1.69. The van der Waals surface area contributed by atoms with Gasteiger partial charge in [0.25, 0.3) is 5.91 Å². The quantitative estimate of drug-likeness (QED) is 0.743. The molecule has 2 heterocycles. The molecule has 3 aromatic rings. The Morgan fingerprint density at radius 2 is 1.87 bits per heavy atom. The molecule has 1 amide bonds. The number of nitrogens with zero attached hydrogens (tertiary/aromatic N) is 4. The Bertz CT molecular complexity index is 796. The third-order valence-corrected chi connectivity index (χ3v) is 3.74. The molecule has 0 fully saturated rings. The van der Waals surface area contributed by atoms with Crippen LogP contribution in [0.4, 0.5) is 5.69 Å². The van der Waals surface area contributed by atoms with E-state index < -0.39 is 0 Å². The van der Waals surface area contributed by atoms with Crippen LogP contribution in [0.3, 0.4) is 0 Å². The number of amides is 1. The monoisotopic (exact) mass is 306 g/mol. The van der Waals surface area contributed by atoms with Gasteiger partial charge in [0.1, 0.15) is 0 Å². The first-order valence-electron chi connectivity index (χ1n) is 7.55. The minimum absolute atomic E-state index is 0.0571. The van der Waals surface area contributed by atoms with Gasteiger partial charge in [0.2, 0.25) is 0 Å². The lowest BCUT2D eigenvalue weighted by molar-refractivity contribution is 0.0987. The molecular weight excluding hydrogens is 288 g/mol. The van der Waals surface area contributed by atoms with Crippen LogP contribution in [-0.2, 0) is 0 Å². The van der Waals surface area contributed by atoms with Crippen molar-refractivity contribution < 1.29 is 4.79 Å². The third kappa shape index (κ3) is 2.85. The molecule has 0 spiro atoms. The van der Waals surface area contributed by atoms with Gasteiger partial charge in [0.05, 0.1) is 17.5 Å². The Hall–Kier alpha value is -2.95. The van der Waals surface area contributed by atoms with E-state index in [9.17, 15) is 4.79 Å². The zero-order valence-electron chi connectivity index (χ0n) is 13.2. The van der Waals surface area contributed by atoms with Gasteiger partial charge in [-0.15, -0.1) is 0 Å². The van der Waals surface area contributed by atoms with Crippen LogP contribution in [0.15, 0.2) is 60.9 Å². The Morgan fingerprint density at radius 1 is 1.13 bits per heavy atom. The molecule has 0 unspecified atom stereocenters. The van der Waals surface area contributed by atoms with Crippen LogP contribution in [0.5, 0.6) is 0 Å². The molecule has 0 radical (unpaired) electrons. The van der Waals surface area contributed by atoms with Crippen LogP contribution < -0.4 is 4.90 Å². The first kappa shape index (κ1) is 15.0. The summed E-state index contributed by atoms with van der Waals surface area (Å²) in [7, 11) is 0. The topological polar surface area (TPSA) is 51.0 Å². The first-order valence-corrected chi connectivity index (χ1v) is 7.55. The first-order chi connectivity index (χ1) is 11.2. The van der Waals surface area contributed by atoms with E-state index in [1.807, 2.05) is 62.4 Å². The molecule has 0 N–H and O–H groups in total. The minimum atomic E-state index is -0.0571. The summed E-state index contributed by atoms with van der Waals surface area (Å²) in [5.74, 6) is 0.644. The number of para-hydroxylation sites is 1. The van der Waals surface area contributed by atoms with E-state index in [0.29, 0.717) is 17.9 Å². The highest BCUT2D eigenvalue weighted by atomic mass is 16.2. The number of benzene rings is 1. The van der Waals surface area contributed by atoms with E-state index in [4.69, 9.17) is 0 Å². The minimum Gasteiger partial charge on any atom is -0.309 e. The van der Waals surface area contributed by atoms with Crippen LogP contribution in [0.2, 0.25) is 0 Å². The molecule has 0 atom stereocenters. The lowest BCUT2D eigenvalue weighted by Crippen LogP contribution is -2.30. The highest BCUT2D eigenvalue weighted by Gasteiger charge is 2.21. The maximum Gasteiger partial charge on any atom is 0.261 e. The Kier molecular flexibility index (Phi) is 4.19. The summed E-state index contributed by atoms with van der Waals surface area (Å²) in [4.78, 5) is 18.9. The zero-order valence-corrected chi connectivity index (χ0v) is 13.2. The summed E-state index contributed by atoms with van der Waals surface area (Å²) in [6.07, 6.45) is 3.32. The third-order valence-electron chi connectivity index (χ3n) is 3.74. The normalized spacial score (nSPS) is 10.5. The van der Waals surface area contributed by atoms with E-state index in [0.717, 1.165) is 11.4 Å². The lowest BCUT2D eigenvalue weighted by Gasteiger charge is -2.20. The zero-order chi connectivity index (χ0) is 16.2. The van der Waals surface area contributed by atoms with Crippen molar-refractivity contribution in [1.29, 1.82) is 0 Å². The van der Waals surface area contributed by atoms with Crippen LogP contribution in [-0.4, -0.2) is 27.2 Å². The van der Waals surface area contributed by atoms with Crippen molar-refractivity contribution in [2.75, 3.05) is 11.4 Å². The van der Waals surface area contributed by atoms with Crippen molar-refractivity contribution in [2.45, 2.75) is 13.8 Å². The van der Waals surface area contributed by atoms with Gasteiger partial charge in [-0.2, -0.15) is 5.10 Å².